The highest BCUT2D eigenvalue weighted by Gasteiger charge is 2.51. The Hall–Kier alpha value is -2.38. The van der Waals surface area contributed by atoms with Crippen molar-refractivity contribution in [3.05, 3.63) is 47.0 Å². The molecule has 8 heteroatoms. The number of aromatic nitrogens is 2. The van der Waals surface area contributed by atoms with Crippen molar-refractivity contribution in [2.45, 2.75) is 109 Å². The molecule has 0 aliphatic heterocycles. The van der Waals surface area contributed by atoms with Crippen LogP contribution in [0.4, 0.5) is 17.6 Å². The van der Waals surface area contributed by atoms with Gasteiger partial charge < -0.3 is 9.47 Å². The van der Waals surface area contributed by atoms with Crippen LogP contribution < -0.4 is 9.47 Å². The first kappa shape index (κ1) is 29.6. The number of aryl methyl sites for hydroxylation is 1. The number of alkyl halides is 2. The van der Waals surface area contributed by atoms with Gasteiger partial charge in [-0.05, 0) is 62.0 Å². The number of hydrogen-bond acceptors (Lipinski definition) is 4. The van der Waals surface area contributed by atoms with E-state index in [1.165, 1.54) is 44.1 Å². The molecule has 216 valence electrons. The SMILES string of the molecule is CCCCCCOc1cnc(C2CCc3cc(OCCCCCC(CC)C4CC4)c(F)c(F)c3C2(F)F)nc1. The van der Waals surface area contributed by atoms with E-state index in [9.17, 15) is 4.39 Å². The van der Waals surface area contributed by atoms with Gasteiger partial charge in [0.25, 0.3) is 5.92 Å². The van der Waals surface area contributed by atoms with Crippen molar-refractivity contribution in [1.82, 2.24) is 9.97 Å². The lowest BCUT2D eigenvalue weighted by Gasteiger charge is -2.33. The van der Waals surface area contributed by atoms with Gasteiger partial charge in [0.1, 0.15) is 5.82 Å². The van der Waals surface area contributed by atoms with Gasteiger partial charge in [-0.15, -0.1) is 0 Å². The standard InChI is InChI=1S/C31H42F4N2O2/c1-3-5-6-9-16-38-24-19-36-30(37-20-24)25-15-14-23-18-26(28(32)29(33)27(23)31(25,34)35)39-17-10-7-8-11-21(4-2)22-12-13-22/h18-22,25H,3-17H2,1-2H3. The average molecular weight is 551 g/mol. The second-order valence-electron chi connectivity index (χ2n) is 11.1. The Morgan fingerprint density at radius 2 is 1.59 bits per heavy atom. The van der Waals surface area contributed by atoms with Crippen LogP contribution in [0.5, 0.6) is 11.5 Å². The molecule has 4 rings (SSSR count). The Kier molecular flexibility index (Phi) is 10.5. The van der Waals surface area contributed by atoms with Gasteiger partial charge in [0.05, 0.1) is 37.1 Å². The highest BCUT2D eigenvalue weighted by atomic mass is 19.3. The number of ether oxygens (including phenoxy) is 2. The highest BCUT2D eigenvalue weighted by Crippen LogP contribution is 2.51. The van der Waals surface area contributed by atoms with Crippen molar-refractivity contribution in [3.63, 3.8) is 0 Å². The third-order valence-corrected chi connectivity index (χ3v) is 8.24. The Labute approximate surface area is 229 Å². The minimum atomic E-state index is -3.66. The predicted octanol–water partition coefficient (Wildman–Crippen LogP) is 8.91. The summed E-state index contributed by atoms with van der Waals surface area (Å²) in [6, 6.07) is 1.24. The van der Waals surface area contributed by atoms with Crippen LogP contribution in [-0.4, -0.2) is 23.2 Å². The van der Waals surface area contributed by atoms with Crippen LogP contribution in [0.2, 0.25) is 0 Å². The maximum Gasteiger partial charge on any atom is 0.286 e. The van der Waals surface area contributed by atoms with E-state index in [-0.39, 0.29) is 36.6 Å². The predicted molar refractivity (Wildman–Crippen MR) is 143 cm³/mol. The number of rotatable bonds is 16. The molecule has 1 heterocycles. The van der Waals surface area contributed by atoms with E-state index in [4.69, 9.17) is 9.47 Å². The van der Waals surface area contributed by atoms with Crippen molar-refractivity contribution >= 4 is 0 Å². The quantitative estimate of drug-likeness (QED) is 0.155. The zero-order valence-electron chi connectivity index (χ0n) is 23.3. The molecule has 39 heavy (non-hydrogen) atoms. The number of fused-ring (bicyclic) bond motifs is 1. The van der Waals surface area contributed by atoms with Gasteiger partial charge in [-0.25, -0.2) is 23.1 Å². The summed E-state index contributed by atoms with van der Waals surface area (Å²) in [6.45, 7) is 5.10. The largest absolute Gasteiger partial charge is 0.490 e. The van der Waals surface area contributed by atoms with Crippen molar-refractivity contribution in [2.24, 2.45) is 11.8 Å². The van der Waals surface area contributed by atoms with Gasteiger partial charge >= 0.3 is 0 Å². The molecule has 1 aromatic heterocycles. The maximum absolute atomic E-state index is 15.5. The van der Waals surface area contributed by atoms with Crippen LogP contribution in [0.3, 0.4) is 0 Å². The van der Waals surface area contributed by atoms with E-state index in [1.54, 1.807) is 0 Å². The second kappa shape index (κ2) is 13.8. The third kappa shape index (κ3) is 7.43. The lowest BCUT2D eigenvalue weighted by molar-refractivity contribution is -0.0500. The van der Waals surface area contributed by atoms with E-state index in [1.807, 2.05) is 0 Å². The Bertz CT molecular complexity index is 1060. The number of halogens is 4. The summed E-state index contributed by atoms with van der Waals surface area (Å²) < 4.78 is 72.1. The Morgan fingerprint density at radius 1 is 0.897 bits per heavy atom. The first-order valence-electron chi connectivity index (χ1n) is 14.8. The van der Waals surface area contributed by atoms with Crippen LogP contribution in [0.1, 0.15) is 114 Å². The van der Waals surface area contributed by atoms with Crippen molar-refractivity contribution in [3.8, 4) is 11.5 Å². The van der Waals surface area contributed by atoms with E-state index >= 15 is 13.2 Å². The van der Waals surface area contributed by atoms with Gasteiger partial charge in [0.15, 0.2) is 17.3 Å². The number of hydrogen-bond donors (Lipinski definition) is 0. The fourth-order valence-corrected chi connectivity index (χ4v) is 5.77. The molecule has 2 aliphatic rings. The van der Waals surface area contributed by atoms with E-state index in [2.05, 4.69) is 23.8 Å². The molecule has 2 unspecified atom stereocenters. The molecule has 2 aromatic rings. The van der Waals surface area contributed by atoms with Crippen LogP contribution in [0, 0.1) is 23.5 Å². The van der Waals surface area contributed by atoms with Crippen LogP contribution in [0.15, 0.2) is 18.5 Å². The topological polar surface area (TPSA) is 44.2 Å². The summed E-state index contributed by atoms with van der Waals surface area (Å²) in [7, 11) is 0. The van der Waals surface area contributed by atoms with Gasteiger partial charge in [0, 0.05) is 0 Å². The molecule has 0 amide bonds. The lowest BCUT2D eigenvalue weighted by Crippen LogP contribution is -2.33. The summed E-state index contributed by atoms with van der Waals surface area (Å²) in [4.78, 5) is 8.19. The summed E-state index contributed by atoms with van der Waals surface area (Å²) in [5.74, 6) is -6.31. The van der Waals surface area contributed by atoms with Gasteiger partial charge in [-0.2, -0.15) is 4.39 Å². The highest BCUT2D eigenvalue weighted by molar-refractivity contribution is 5.44. The first-order valence-corrected chi connectivity index (χ1v) is 14.8. The smallest absolute Gasteiger partial charge is 0.286 e. The first-order chi connectivity index (χ1) is 18.9. The zero-order valence-corrected chi connectivity index (χ0v) is 23.3. The minimum Gasteiger partial charge on any atom is -0.490 e. The van der Waals surface area contributed by atoms with Gasteiger partial charge in [-0.3, -0.25) is 0 Å². The minimum absolute atomic E-state index is 0.0152. The number of unbranched alkanes of at least 4 members (excludes halogenated alkanes) is 5. The van der Waals surface area contributed by atoms with E-state index < -0.39 is 29.0 Å². The van der Waals surface area contributed by atoms with Crippen LogP contribution in [-0.2, 0) is 12.3 Å². The zero-order chi connectivity index (χ0) is 27.8. The van der Waals surface area contributed by atoms with E-state index in [0.29, 0.717) is 18.8 Å². The molecule has 1 fully saturated rings. The summed E-state index contributed by atoms with van der Waals surface area (Å²) in [6.07, 6.45) is 14.9. The Balaban J connectivity index is 1.34. The number of benzene rings is 1. The molecule has 0 bridgehead atoms. The molecule has 4 nitrogen and oxygen atoms in total. The van der Waals surface area contributed by atoms with Crippen molar-refractivity contribution < 1.29 is 27.0 Å². The average Bonchev–Trinajstić information content (AvgIpc) is 3.76. The summed E-state index contributed by atoms with van der Waals surface area (Å²) in [5, 5.41) is 0. The van der Waals surface area contributed by atoms with Crippen molar-refractivity contribution in [1.29, 1.82) is 0 Å². The molecule has 2 aliphatic carbocycles. The summed E-state index contributed by atoms with van der Waals surface area (Å²) >= 11 is 0. The Morgan fingerprint density at radius 3 is 2.26 bits per heavy atom. The second-order valence-corrected chi connectivity index (χ2v) is 11.1. The van der Waals surface area contributed by atoms with Gasteiger partial charge in [0.2, 0.25) is 5.82 Å². The molecular formula is C31H42F4N2O2. The van der Waals surface area contributed by atoms with Crippen LogP contribution in [0.25, 0.3) is 0 Å². The third-order valence-electron chi connectivity index (χ3n) is 8.24. The molecule has 0 radical (unpaired) electrons. The molecule has 0 N–H and O–H groups in total. The maximum atomic E-state index is 15.5. The fourth-order valence-electron chi connectivity index (χ4n) is 5.77. The monoisotopic (exact) mass is 550 g/mol. The van der Waals surface area contributed by atoms with Crippen LogP contribution >= 0.6 is 0 Å². The summed E-state index contributed by atoms with van der Waals surface area (Å²) in [5.41, 5.74) is -0.832. The van der Waals surface area contributed by atoms with Gasteiger partial charge in [-0.1, -0.05) is 58.8 Å². The van der Waals surface area contributed by atoms with E-state index in [0.717, 1.165) is 50.4 Å². The molecule has 1 saturated carbocycles. The molecule has 0 spiro atoms. The molecular weight excluding hydrogens is 508 g/mol. The molecule has 2 atom stereocenters. The van der Waals surface area contributed by atoms with Crippen molar-refractivity contribution in [2.75, 3.05) is 13.2 Å². The lowest BCUT2D eigenvalue weighted by atomic mass is 9.79. The molecule has 1 aromatic carbocycles. The normalized spacial score (nSPS) is 19.0. The number of nitrogens with zero attached hydrogens (tertiary/aromatic N) is 2. The molecule has 0 saturated heterocycles. The fraction of sp³-hybridized carbons (Fsp3) is 0.677.